The van der Waals surface area contributed by atoms with Gasteiger partial charge in [-0.2, -0.15) is 0 Å². The summed E-state index contributed by atoms with van der Waals surface area (Å²) in [5.41, 5.74) is 2.07. The average Bonchev–Trinajstić information content (AvgIpc) is 3.02. The molecule has 2 rings (SSSR count). The van der Waals surface area contributed by atoms with Crippen LogP contribution in [0.25, 0.3) is 0 Å². The van der Waals surface area contributed by atoms with Crippen LogP contribution in [0.4, 0.5) is 4.39 Å². The maximum Gasteiger partial charge on any atom is 0.240 e. The topological polar surface area (TPSA) is 25.2 Å². The molecule has 2 aromatic rings. The summed E-state index contributed by atoms with van der Waals surface area (Å²) in [6.07, 6.45) is 5.17. The molecule has 1 aromatic carbocycles. The SMILES string of the molecule is CCCCCN(Cc1cccn1Cc1ccc(F)cc1)C(=O)C(C)Cl. The van der Waals surface area contributed by atoms with Gasteiger partial charge in [-0.25, -0.2) is 4.39 Å². The number of unbranched alkanes of at least 4 members (excludes halogenated alkanes) is 2. The highest BCUT2D eigenvalue weighted by Crippen LogP contribution is 2.14. The largest absolute Gasteiger partial charge is 0.345 e. The standard InChI is InChI=1S/C20H26ClFN2O/c1-3-4-5-12-24(20(25)16(2)21)15-19-7-6-13-23(19)14-17-8-10-18(22)11-9-17/h6-11,13,16H,3-5,12,14-15H2,1-2H3. The van der Waals surface area contributed by atoms with E-state index in [0.717, 1.165) is 30.5 Å². The van der Waals surface area contributed by atoms with Crippen LogP contribution in [0.1, 0.15) is 44.4 Å². The van der Waals surface area contributed by atoms with Crippen LogP contribution in [0.15, 0.2) is 42.6 Å². The average molecular weight is 365 g/mol. The Kier molecular flexibility index (Phi) is 7.51. The molecule has 3 nitrogen and oxygen atoms in total. The van der Waals surface area contributed by atoms with E-state index >= 15 is 0 Å². The first-order valence-corrected chi connectivity index (χ1v) is 9.26. The van der Waals surface area contributed by atoms with Crippen molar-refractivity contribution in [2.75, 3.05) is 6.54 Å². The van der Waals surface area contributed by atoms with Gasteiger partial charge in [0.15, 0.2) is 0 Å². The Bertz CT molecular complexity index is 667. The van der Waals surface area contributed by atoms with E-state index in [-0.39, 0.29) is 11.7 Å². The molecular formula is C20H26ClFN2O. The number of aromatic nitrogens is 1. The first-order valence-electron chi connectivity index (χ1n) is 8.82. The smallest absolute Gasteiger partial charge is 0.240 e. The maximum absolute atomic E-state index is 13.1. The summed E-state index contributed by atoms with van der Waals surface area (Å²) >= 11 is 6.03. The normalized spacial score (nSPS) is 12.2. The molecule has 1 unspecified atom stereocenters. The van der Waals surface area contributed by atoms with Crippen molar-refractivity contribution >= 4 is 17.5 Å². The monoisotopic (exact) mass is 364 g/mol. The van der Waals surface area contributed by atoms with Crippen molar-refractivity contribution in [3.63, 3.8) is 0 Å². The summed E-state index contributed by atoms with van der Waals surface area (Å²) in [6, 6.07) is 10.5. The van der Waals surface area contributed by atoms with Crippen molar-refractivity contribution < 1.29 is 9.18 Å². The third-order valence-corrected chi connectivity index (χ3v) is 4.41. The van der Waals surface area contributed by atoms with Crippen LogP contribution in [-0.4, -0.2) is 27.3 Å². The number of alkyl halides is 1. The van der Waals surface area contributed by atoms with Crippen LogP contribution in [0.2, 0.25) is 0 Å². The van der Waals surface area contributed by atoms with Crippen molar-refractivity contribution in [3.05, 3.63) is 59.7 Å². The van der Waals surface area contributed by atoms with E-state index in [4.69, 9.17) is 11.6 Å². The number of amides is 1. The van der Waals surface area contributed by atoms with Crippen LogP contribution in [0.5, 0.6) is 0 Å². The van der Waals surface area contributed by atoms with E-state index in [0.29, 0.717) is 19.6 Å². The van der Waals surface area contributed by atoms with Crippen LogP contribution in [0.3, 0.4) is 0 Å². The number of carbonyl (C=O) groups excluding carboxylic acids is 1. The van der Waals surface area contributed by atoms with Crippen LogP contribution in [0, 0.1) is 5.82 Å². The second-order valence-corrected chi connectivity index (χ2v) is 6.99. The first kappa shape index (κ1) is 19.5. The number of carbonyl (C=O) groups is 1. The molecular weight excluding hydrogens is 339 g/mol. The zero-order chi connectivity index (χ0) is 18.2. The quantitative estimate of drug-likeness (QED) is 0.462. The molecule has 0 radical (unpaired) electrons. The van der Waals surface area contributed by atoms with Crippen molar-refractivity contribution in [1.82, 2.24) is 9.47 Å². The molecule has 0 fully saturated rings. The van der Waals surface area contributed by atoms with Crippen molar-refractivity contribution in [1.29, 1.82) is 0 Å². The molecule has 136 valence electrons. The fourth-order valence-corrected chi connectivity index (χ4v) is 2.94. The molecule has 1 amide bonds. The Balaban J connectivity index is 2.09. The molecule has 0 saturated heterocycles. The molecule has 0 aliphatic carbocycles. The van der Waals surface area contributed by atoms with Crippen molar-refractivity contribution in [2.45, 2.75) is 51.6 Å². The Morgan fingerprint density at radius 3 is 2.60 bits per heavy atom. The van der Waals surface area contributed by atoms with Gasteiger partial charge in [0.05, 0.1) is 6.54 Å². The van der Waals surface area contributed by atoms with Gasteiger partial charge in [-0.05, 0) is 43.2 Å². The summed E-state index contributed by atoms with van der Waals surface area (Å²) < 4.78 is 15.2. The molecule has 1 aromatic heterocycles. The van der Waals surface area contributed by atoms with E-state index in [2.05, 4.69) is 11.5 Å². The van der Waals surface area contributed by atoms with Crippen LogP contribution in [-0.2, 0) is 17.9 Å². The molecule has 0 spiro atoms. The minimum atomic E-state index is -0.526. The summed E-state index contributed by atoms with van der Waals surface area (Å²) in [6.45, 7) is 5.76. The number of hydrogen-bond donors (Lipinski definition) is 0. The summed E-state index contributed by atoms with van der Waals surface area (Å²) in [5.74, 6) is -0.271. The molecule has 0 N–H and O–H groups in total. The lowest BCUT2D eigenvalue weighted by Crippen LogP contribution is -2.36. The molecule has 0 saturated carbocycles. The van der Waals surface area contributed by atoms with Gasteiger partial charge in [-0.1, -0.05) is 31.9 Å². The Morgan fingerprint density at radius 1 is 1.24 bits per heavy atom. The summed E-state index contributed by atoms with van der Waals surface area (Å²) in [4.78, 5) is 14.3. The first-order chi connectivity index (χ1) is 12.0. The zero-order valence-corrected chi connectivity index (χ0v) is 15.7. The minimum absolute atomic E-state index is 0.0349. The number of rotatable bonds is 9. The predicted molar refractivity (Wildman–Crippen MR) is 100 cm³/mol. The lowest BCUT2D eigenvalue weighted by Gasteiger charge is -2.25. The molecule has 1 heterocycles. The molecule has 0 bridgehead atoms. The van der Waals surface area contributed by atoms with Crippen LogP contribution < -0.4 is 0 Å². The zero-order valence-electron chi connectivity index (χ0n) is 14.9. The molecule has 1 atom stereocenters. The van der Waals surface area contributed by atoms with Gasteiger partial charge in [0, 0.05) is 25.0 Å². The molecule has 5 heteroatoms. The third kappa shape index (κ3) is 5.89. The summed E-state index contributed by atoms with van der Waals surface area (Å²) in [5, 5.41) is -0.526. The second kappa shape index (κ2) is 9.62. The van der Waals surface area contributed by atoms with E-state index in [1.54, 1.807) is 19.1 Å². The van der Waals surface area contributed by atoms with Crippen molar-refractivity contribution in [3.8, 4) is 0 Å². The van der Waals surface area contributed by atoms with E-state index < -0.39 is 5.38 Å². The van der Waals surface area contributed by atoms with Gasteiger partial charge in [0.25, 0.3) is 0 Å². The van der Waals surface area contributed by atoms with Gasteiger partial charge >= 0.3 is 0 Å². The number of nitrogens with zero attached hydrogens (tertiary/aromatic N) is 2. The van der Waals surface area contributed by atoms with Gasteiger partial charge < -0.3 is 9.47 Å². The molecule has 0 aliphatic heterocycles. The van der Waals surface area contributed by atoms with Crippen LogP contribution >= 0.6 is 11.6 Å². The van der Waals surface area contributed by atoms with E-state index in [1.807, 2.05) is 23.2 Å². The van der Waals surface area contributed by atoms with Crippen molar-refractivity contribution in [2.24, 2.45) is 0 Å². The fourth-order valence-electron chi connectivity index (χ4n) is 2.80. The van der Waals surface area contributed by atoms with E-state index in [9.17, 15) is 9.18 Å². The highest BCUT2D eigenvalue weighted by Gasteiger charge is 2.19. The number of benzene rings is 1. The maximum atomic E-state index is 13.1. The van der Waals surface area contributed by atoms with Gasteiger partial charge in [0.1, 0.15) is 11.2 Å². The lowest BCUT2D eigenvalue weighted by atomic mass is 10.2. The molecule has 25 heavy (non-hydrogen) atoms. The molecule has 0 aliphatic rings. The van der Waals surface area contributed by atoms with Gasteiger partial charge in [-0.15, -0.1) is 11.6 Å². The van der Waals surface area contributed by atoms with E-state index in [1.165, 1.54) is 12.1 Å². The van der Waals surface area contributed by atoms with Gasteiger partial charge in [0.2, 0.25) is 5.91 Å². The Hall–Kier alpha value is -1.81. The van der Waals surface area contributed by atoms with Gasteiger partial charge in [-0.3, -0.25) is 4.79 Å². The Morgan fingerprint density at radius 2 is 1.96 bits per heavy atom. The fraction of sp³-hybridized carbons (Fsp3) is 0.450. The second-order valence-electron chi connectivity index (χ2n) is 6.34. The number of hydrogen-bond acceptors (Lipinski definition) is 1. The lowest BCUT2D eigenvalue weighted by molar-refractivity contribution is -0.131. The highest BCUT2D eigenvalue weighted by atomic mass is 35.5. The third-order valence-electron chi connectivity index (χ3n) is 4.23. The number of halogens is 2. The highest BCUT2D eigenvalue weighted by molar-refractivity contribution is 6.30. The minimum Gasteiger partial charge on any atom is -0.345 e. The Labute approximate surface area is 154 Å². The predicted octanol–water partition coefficient (Wildman–Crippen LogP) is 4.82. The summed E-state index contributed by atoms with van der Waals surface area (Å²) in [7, 11) is 0.